The molecule has 1 fully saturated rings. The molecule has 1 N–H and O–H groups in total. The Labute approximate surface area is 103 Å². The fourth-order valence-corrected chi connectivity index (χ4v) is 2.07. The van der Waals surface area contributed by atoms with Gasteiger partial charge in [0.05, 0.1) is 13.2 Å². The molecule has 1 aliphatic rings. The van der Waals surface area contributed by atoms with Gasteiger partial charge in [-0.15, -0.1) is 0 Å². The van der Waals surface area contributed by atoms with Gasteiger partial charge in [0.2, 0.25) is 0 Å². The number of benzene rings is 1. The summed E-state index contributed by atoms with van der Waals surface area (Å²) >= 11 is 0. The Morgan fingerprint density at radius 1 is 1.35 bits per heavy atom. The van der Waals surface area contributed by atoms with Crippen molar-refractivity contribution in [3.05, 3.63) is 24.3 Å². The molecule has 1 heterocycles. The van der Waals surface area contributed by atoms with Crippen molar-refractivity contribution in [3.8, 4) is 5.75 Å². The summed E-state index contributed by atoms with van der Waals surface area (Å²) in [4.78, 5) is 0. The first-order chi connectivity index (χ1) is 8.38. The van der Waals surface area contributed by atoms with E-state index in [4.69, 9.17) is 9.47 Å². The third-order valence-corrected chi connectivity index (χ3v) is 3.01. The topological polar surface area (TPSA) is 30.5 Å². The van der Waals surface area contributed by atoms with Crippen LogP contribution in [0.5, 0.6) is 5.75 Å². The fraction of sp³-hybridized carbons (Fsp3) is 0.571. The zero-order chi connectivity index (χ0) is 11.9. The number of rotatable bonds is 5. The molecule has 0 radical (unpaired) electrons. The first kappa shape index (κ1) is 12.2. The molecule has 1 aliphatic heterocycles. The van der Waals surface area contributed by atoms with Crippen LogP contribution >= 0.6 is 0 Å². The summed E-state index contributed by atoms with van der Waals surface area (Å²) in [6.45, 7) is 5.53. The molecule has 1 unspecified atom stereocenters. The van der Waals surface area contributed by atoms with E-state index in [0.717, 1.165) is 31.2 Å². The highest BCUT2D eigenvalue weighted by molar-refractivity contribution is 5.46. The van der Waals surface area contributed by atoms with Crippen LogP contribution < -0.4 is 10.1 Å². The van der Waals surface area contributed by atoms with E-state index in [0.29, 0.717) is 12.5 Å². The Morgan fingerprint density at radius 2 is 2.18 bits per heavy atom. The van der Waals surface area contributed by atoms with Gasteiger partial charge in [-0.05, 0) is 49.9 Å². The van der Waals surface area contributed by atoms with Gasteiger partial charge >= 0.3 is 0 Å². The van der Waals surface area contributed by atoms with E-state index in [9.17, 15) is 0 Å². The molecule has 0 saturated carbocycles. The molecular weight excluding hydrogens is 214 g/mol. The lowest BCUT2D eigenvalue weighted by Gasteiger charge is -2.22. The van der Waals surface area contributed by atoms with Crippen LogP contribution in [0.15, 0.2) is 24.3 Å². The minimum absolute atomic E-state index is 0.648. The summed E-state index contributed by atoms with van der Waals surface area (Å²) in [5, 5.41) is 3.45. The van der Waals surface area contributed by atoms with Crippen LogP contribution in [-0.4, -0.2) is 26.4 Å². The van der Waals surface area contributed by atoms with E-state index in [-0.39, 0.29) is 0 Å². The Kier molecular flexibility index (Phi) is 4.68. The second-order valence-corrected chi connectivity index (χ2v) is 4.42. The van der Waals surface area contributed by atoms with Crippen molar-refractivity contribution in [2.75, 3.05) is 31.7 Å². The van der Waals surface area contributed by atoms with Gasteiger partial charge in [-0.25, -0.2) is 0 Å². The molecule has 0 spiro atoms. The predicted octanol–water partition coefficient (Wildman–Crippen LogP) is 2.92. The number of hydrogen-bond acceptors (Lipinski definition) is 3. The van der Waals surface area contributed by atoms with Crippen LogP contribution in [0.1, 0.15) is 19.8 Å². The Bertz CT molecular complexity index is 317. The first-order valence-electron chi connectivity index (χ1n) is 6.43. The molecule has 1 aromatic rings. The maximum absolute atomic E-state index is 5.46. The maximum atomic E-state index is 5.46. The van der Waals surface area contributed by atoms with Crippen LogP contribution in [-0.2, 0) is 4.74 Å². The van der Waals surface area contributed by atoms with Crippen molar-refractivity contribution in [1.82, 2.24) is 0 Å². The van der Waals surface area contributed by atoms with Gasteiger partial charge in [0.25, 0.3) is 0 Å². The van der Waals surface area contributed by atoms with Gasteiger partial charge in [0.1, 0.15) is 5.75 Å². The summed E-state index contributed by atoms with van der Waals surface area (Å²) in [5.74, 6) is 1.58. The van der Waals surface area contributed by atoms with Crippen molar-refractivity contribution in [3.63, 3.8) is 0 Å². The number of hydrogen-bond donors (Lipinski definition) is 1. The first-order valence-corrected chi connectivity index (χ1v) is 6.43. The normalized spacial score (nSPS) is 19.9. The van der Waals surface area contributed by atoms with E-state index in [2.05, 4.69) is 17.4 Å². The van der Waals surface area contributed by atoms with E-state index in [1.807, 2.05) is 19.1 Å². The molecule has 1 saturated heterocycles. The molecule has 0 aliphatic carbocycles. The van der Waals surface area contributed by atoms with E-state index < -0.39 is 0 Å². The summed E-state index contributed by atoms with van der Waals surface area (Å²) in [6, 6.07) is 8.13. The molecule has 0 bridgehead atoms. The lowest BCUT2D eigenvalue weighted by atomic mass is 10.0. The number of nitrogens with one attached hydrogen (secondary N) is 1. The quantitative estimate of drug-likeness (QED) is 0.851. The lowest BCUT2D eigenvalue weighted by Crippen LogP contribution is -2.24. The van der Waals surface area contributed by atoms with E-state index >= 15 is 0 Å². The highest BCUT2D eigenvalue weighted by Crippen LogP contribution is 2.18. The van der Waals surface area contributed by atoms with Crippen LogP contribution in [0.4, 0.5) is 5.69 Å². The van der Waals surface area contributed by atoms with Gasteiger partial charge in [-0.1, -0.05) is 0 Å². The van der Waals surface area contributed by atoms with Gasteiger partial charge < -0.3 is 14.8 Å². The largest absolute Gasteiger partial charge is 0.494 e. The molecule has 1 atom stereocenters. The van der Waals surface area contributed by atoms with Crippen LogP contribution in [0.2, 0.25) is 0 Å². The molecule has 17 heavy (non-hydrogen) atoms. The fourth-order valence-electron chi connectivity index (χ4n) is 2.07. The Hall–Kier alpha value is -1.22. The molecule has 0 amide bonds. The summed E-state index contributed by atoms with van der Waals surface area (Å²) < 4.78 is 10.9. The van der Waals surface area contributed by atoms with Crippen LogP contribution in [0, 0.1) is 5.92 Å². The maximum Gasteiger partial charge on any atom is 0.119 e. The minimum Gasteiger partial charge on any atom is -0.494 e. The zero-order valence-corrected chi connectivity index (χ0v) is 10.4. The molecule has 2 rings (SSSR count). The van der Waals surface area contributed by atoms with Crippen molar-refractivity contribution < 1.29 is 9.47 Å². The van der Waals surface area contributed by atoms with Gasteiger partial charge in [-0.2, -0.15) is 0 Å². The minimum atomic E-state index is 0.648. The van der Waals surface area contributed by atoms with Crippen molar-refractivity contribution in [2.24, 2.45) is 5.92 Å². The summed E-state index contributed by atoms with van der Waals surface area (Å²) in [6.07, 6.45) is 2.46. The monoisotopic (exact) mass is 235 g/mol. The van der Waals surface area contributed by atoms with Gasteiger partial charge in [0, 0.05) is 18.8 Å². The zero-order valence-electron chi connectivity index (χ0n) is 10.4. The number of anilines is 1. The average Bonchev–Trinajstić information content (AvgIpc) is 2.40. The third-order valence-electron chi connectivity index (χ3n) is 3.01. The Balaban J connectivity index is 1.77. The average molecular weight is 235 g/mol. The van der Waals surface area contributed by atoms with E-state index in [1.165, 1.54) is 12.8 Å². The second kappa shape index (κ2) is 6.50. The predicted molar refractivity (Wildman–Crippen MR) is 69.6 cm³/mol. The highest BCUT2D eigenvalue weighted by Gasteiger charge is 2.13. The smallest absolute Gasteiger partial charge is 0.119 e. The summed E-state index contributed by atoms with van der Waals surface area (Å²) in [5.41, 5.74) is 1.15. The molecule has 0 aromatic heterocycles. The standard InChI is InChI=1S/C14H21NO2/c1-2-17-14-7-5-13(6-8-14)15-10-12-4-3-9-16-11-12/h5-8,12,15H,2-4,9-11H2,1H3. The molecule has 94 valence electrons. The van der Waals surface area contributed by atoms with E-state index in [1.54, 1.807) is 0 Å². The third kappa shape index (κ3) is 3.93. The molecule has 3 nitrogen and oxygen atoms in total. The SMILES string of the molecule is CCOc1ccc(NCC2CCCOC2)cc1. The summed E-state index contributed by atoms with van der Waals surface area (Å²) in [7, 11) is 0. The van der Waals surface area contributed by atoms with Gasteiger partial charge in [-0.3, -0.25) is 0 Å². The second-order valence-electron chi connectivity index (χ2n) is 4.42. The number of ether oxygens (including phenoxy) is 2. The van der Waals surface area contributed by atoms with Crippen molar-refractivity contribution in [2.45, 2.75) is 19.8 Å². The van der Waals surface area contributed by atoms with Gasteiger partial charge in [0.15, 0.2) is 0 Å². The van der Waals surface area contributed by atoms with Crippen molar-refractivity contribution >= 4 is 5.69 Å². The van der Waals surface area contributed by atoms with Crippen molar-refractivity contribution in [1.29, 1.82) is 0 Å². The Morgan fingerprint density at radius 3 is 2.82 bits per heavy atom. The molecular formula is C14H21NO2. The lowest BCUT2D eigenvalue weighted by molar-refractivity contribution is 0.0595. The molecule has 3 heteroatoms. The molecule has 1 aromatic carbocycles. The van der Waals surface area contributed by atoms with Crippen LogP contribution in [0.3, 0.4) is 0 Å². The highest BCUT2D eigenvalue weighted by atomic mass is 16.5. The van der Waals surface area contributed by atoms with Crippen LogP contribution in [0.25, 0.3) is 0 Å².